The van der Waals surface area contributed by atoms with Crippen LogP contribution in [0.5, 0.6) is 0 Å². The van der Waals surface area contributed by atoms with E-state index in [1.165, 1.54) is 45.3 Å². The number of aliphatic hydroxyl groups is 1. The van der Waals surface area contributed by atoms with Crippen LogP contribution in [0, 0.1) is 5.92 Å². The molecule has 2 saturated heterocycles. The van der Waals surface area contributed by atoms with E-state index in [9.17, 15) is 0 Å². The molecule has 0 amide bonds. The van der Waals surface area contributed by atoms with Gasteiger partial charge in [-0.3, -0.25) is 4.90 Å². The zero-order valence-corrected chi connectivity index (χ0v) is 8.91. The van der Waals surface area contributed by atoms with Crippen LogP contribution in [0.4, 0.5) is 0 Å². The lowest BCUT2D eigenvalue weighted by molar-refractivity contribution is 0.0751. The number of hydrogen-bond acceptors (Lipinski definition) is 3. The van der Waals surface area contributed by atoms with Crippen molar-refractivity contribution in [2.45, 2.75) is 31.7 Å². The van der Waals surface area contributed by atoms with Crippen molar-refractivity contribution in [1.29, 1.82) is 0 Å². The van der Waals surface area contributed by atoms with Crippen LogP contribution in [-0.2, 0) is 0 Å². The molecular weight excluding hydrogens is 176 g/mol. The Hall–Kier alpha value is -0.120. The Morgan fingerprint density at radius 2 is 2.00 bits per heavy atom. The fourth-order valence-electron chi connectivity index (χ4n) is 2.75. The van der Waals surface area contributed by atoms with Gasteiger partial charge in [0.15, 0.2) is 0 Å². The van der Waals surface area contributed by atoms with Crippen molar-refractivity contribution in [3.05, 3.63) is 0 Å². The number of nitrogens with one attached hydrogen (secondary N) is 1. The summed E-state index contributed by atoms with van der Waals surface area (Å²) in [5.74, 6) is 0.540. The first-order chi connectivity index (χ1) is 6.90. The van der Waals surface area contributed by atoms with Crippen LogP contribution in [0.1, 0.15) is 25.7 Å². The fraction of sp³-hybridized carbons (Fsp3) is 1.00. The van der Waals surface area contributed by atoms with E-state index in [1.54, 1.807) is 0 Å². The Kier molecular flexibility index (Phi) is 3.79. The third-order valence-corrected chi connectivity index (χ3v) is 3.63. The van der Waals surface area contributed by atoms with Gasteiger partial charge in [-0.25, -0.2) is 0 Å². The van der Waals surface area contributed by atoms with Gasteiger partial charge in [0.05, 0.1) is 0 Å². The van der Waals surface area contributed by atoms with Gasteiger partial charge in [-0.05, 0) is 51.2 Å². The first kappa shape index (κ1) is 10.4. The third-order valence-electron chi connectivity index (χ3n) is 3.63. The first-order valence-corrected chi connectivity index (χ1v) is 5.96. The molecular formula is C11H22N2O. The Labute approximate surface area is 86.5 Å². The standard InChI is InChI=1S/C11H22N2O/c14-9-10-2-1-7-13(8-10)11-3-5-12-6-4-11/h10-12,14H,1-9H2/t10-/m0/s1. The summed E-state index contributed by atoms with van der Waals surface area (Å²) >= 11 is 0. The Morgan fingerprint density at radius 1 is 1.21 bits per heavy atom. The highest BCUT2D eigenvalue weighted by Crippen LogP contribution is 2.21. The largest absolute Gasteiger partial charge is 0.396 e. The van der Waals surface area contributed by atoms with Crippen LogP contribution >= 0.6 is 0 Å². The molecule has 82 valence electrons. The minimum atomic E-state index is 0.376. The van der Waals surface area contributed by atoms with Gasteiger partial charge in [0.1, 0.15) is 0 Å². The Bertz CT molecular complexity index is 169. The van der Waals surface area contributed by atoms with Crippen LogP contribution in [0.25, 0.3) is 0 Å². The average molecular weight is 198 g/mol. The number of nitrogens with zero attached hydrogens (tertiary/aromatic N) is 1. The van der Waals surface area contributed by atoms with Crippen molar-refractivity contribution >= 4 is 0 Å². The SMILES string of the molecule is OC[C@H]1CCCN(C2CCNCC2)C1. The van der Waals surface area contributed by atoms with Gasteiger partial charge in [-0.1, -0.05) is 0 Å². The number of rotatable bonds is 2. The highest BCUT2D eigenvalue weighted by Gasteiger charge is 2.26. The van der Waals surface area contributed by atoms with Gasteiger partial charge in [-0.15, -0.1) is 0 Å². The fourth-order valence-corrected chi connectivity index (χ4v) is 2.75. The monoisotopic (exact) mass is 198 g/mol. The van der Waals surface area contributed by atoms with Crippen molar-refractivity contribution in [2.75, 3.05) is 32.8 Å². The molecule has 0 bridgehead atoms. The van der Waals surface area contributed by atoms with E-state index >= 15 is 0 Å². The normalized spacial score (nSPS) is 31.9. The van der Waals surface area contributed by atoms with Gasteiger partial charge >= 0.3 is 0 Å². The molecule has 0 unspecified atom stereocenters. The molecule has 2 aliphatic heterocycles. The molecule has 0 saturated carbocycles. The summed E-state index contributed by atoms with van der Waals surface area (Å²) in [6.45, 7) is 5.10. The maximum absolute atomic E-state index is 9.17. The molecule has 2 heterocycles. The molecule has 0 aromatic carbocycles. The second-order valence-electron chi connectivity index (χ2n) is 4.67. The molecule has 0 aromatic heterocycles. The molecule has 0 aliphatic carbocycles. The molecule has 3 heteroatoms. The van der Waals surface area contributed by atoms with E-state index in [1.807, 2.05) is 0 Å². The molecule has 14 heavy (non-hydrogen) atoms. The third kappa shape index (κ3) is 2.47. The van der Waals surface area contributed by atoms with Crippen LogP contribution in [-0.4, -0.2) is 48.8 Å². The van der Waals surface area contributed by atoms with E-state index < -0.39 is 0 Å². The van der Waals surface area contributed by atoms with Crippen LogP contribution < -0.4 is 5.32 Å². The lowest BCUT2D eigenvalue weighted by Gasteiger charge is -2.39. The maximum Gasteiger partial charge on any atom is 0.0471 e. The summed E-state index contributed by atoms with van der Waals surface area (Å²) in [4.78, 5) is 2.60. The van der Waals surface area contributed by atoms with Crippen molar-refractivity contribution in [3.8, 4) is 0 Å². The number of hydrogen-bond donors (Lipinski definition) is 2. The second kappa shape index (κ2) is 5.10. The van der Waals surface area contributed by atoms with Gasteiger partial charge in [0.2, 0.25) is 0 Å². The molecule has 2 aliphatic rings. The Morgan fingerprint density at radius 3 is 2.71 bits per heavy atom. The van der Waals surface area contributed by atoms with Gasteiger partial charge in [-0.2, -0.15) is 0 Å². The predicted molar refractivity (Wildman–Crippen MR) is 57.3 cm³/mol. The van der Waals surface area contributed by atoms with Crippen molar-refractivity contribution in [2.24, 2.45) is 5.92 Å². The summed E-state index contributed by atoms with van der Waals surface area (Å²) in [5, 5.41) is 12.6. The first-order valence-electron chi connectivity index (χ1n) is 5.96. The predicted octanol–water partition coefficient (Wildman–Crippen LogP) is 0.443. The molecule has 0 aromatic rings. The van der Waals surface area contributed by atoms with Crippen molar-refractivity contribution in [1.82, 2.24) is 10.2 Å². The van der Waals surface area contributed by atoms with E-state index in [0.29, 0.717) is 12.5 Å². The van der Waals surface area contributed by atoms with Gasteiger partial charge in [0.25, 0.3) is 0 Å². The quantitative estimate of drug-likeness (QED) is 0.676. The number of likely N-dealkylation sites (tertiary alicyclic amines) is 1. The summed E-state index contributed by atoms with van der Waals surface area (Å²) < 4.78 is 0. The minimum Gasteiger partial charge on any atom is -0.396 e. The topological polar surface area (TPSA) is 35.5 Å². The second-order valence-corrected chi connectivity index (χ2v) is 4.67. The molecule has 2 fully saturated rings. The highest BCUT2D eigenvalue weighted by molar-refractivity contribution is 4.82. The van der Waals surface area contributed by atoms with E-state index in [-0.39, 0.29) is 0 Å². The summed E-state index contributed by atoms with van der Waals surface area (Å²) in [6, 6.07) is 0.783. The Balaban J connectivity index is 1.83. The number of piperidine rings is 2. The molecule has 1 atom stereocenters. The summed E-state index contributed by atoms with van der Waals surface area (Å²) in [6.07, 6.45) is 5.07. The van der Waals surface area contributed by atoms with Crippen LogP contribution in [0.3, 0.4) is 0 Å². The van der Waals surface area contributed by atoms with Gasteiger partial charge < -0.3 is 10.4 Å². The average Bonchev–Trinajstić information content (AvgIpc) is 2.30. The maximum atomic E-state index is 9.17. The molecule has 0 radical (unpaired) electrons. The lowest BCUT2D eigenvalue weighted by atomic mass is 9.95. The molecule has 2 rings (SSSR count). The number of aliphatic hydroxyl groups excluding tert-OH is 1. The zero-order chi connectivity index (χ0) is 9.80. The van der Waals surface area contributed by atoms with E-state index in [0.717, 1.165) is 12.6 Å². The van der Waals surface area contributed by atoms with E-state index in [4.69, 9.17) is 5.11 Å². The van der Waals surface area contributed by atoms with E-state index in [2.05, 4.69) is 10.2 Å². The van der Waals surface area contributed by atoms with Gasteiger partial charge in [0, 0.05) is 19.2 Å². The highest BCUT2D eigenvalue weighted by atomic mass is 16.3. The molecule has 0 spiro atoms. The lowest BCUT2D eigenvalue weighted by Crippen LogP contribution is -2.47. The smallest absolute Gasteiger partial charge is 0.0471 e. The zero-order valence-electron chi connectivity index (χ0n) is 8.91. The van der Waals surface area contributed by atoms with Crippen molar-refractivity contribution in [3.63, 3.8) is 0 Å². The summed E-state index contributed by atoms with van der Waals surface area (Å²) in [5.41, 5.74) is 0. The molecule has 3 nitrogen and oxygen atoms in total. The molecule has 2 N–H and O–H groups in total. The van der Waals surface area contributed by atoms with Crippen LogP contribution in [0.15, 0.2) is 0 Å². The van der Waals surface area contributed by atoms with Crippen LogP contribution in [0.2, 0.25) is 0 Å². The van der Waals surface area contributed by atoms with Crippen molar-refractivity contribution < 1.29 is 5.11 Å². The minimum absolute atomic E-state index is 0.376. The summed E-state index contributed by atoms with van der Waals surface area (Å²) in [7, 11) is 0.